The predicted molar refractivity (Wildman–Crippen MR) is 68.4 cm³/mol. The van der Waals surface area contributed by atoms with Crippen molar-refractivity contribution < 1.29 is 9.53 Å². The number of carbonyl (C=O) groups is 1. The molecule has 1 aliphatic heterocycles. The summed E-state index contributed by atoms with van der Waals surface area (Å²) in [6.07, 6.45) is 6.04. The number of esters is 1. The van der Waals surface area contributed by atoms with Gasteiger partial charge in [-0.05, 0) is 18.1 Å². The molecule has 1 atom stereocenters. The van der Waals surface area contributed by atoms with Crippen molar-refractivity contribution in [3.8, 4) is 0 Å². The first kappa shape index (κ1) is 11.9. The minimum absolute atomic E-state index is 0.0948. The quantitative estimate of drug-likeness (QED) is 0.584. The van der Waals surface area contributed by atoms with Crippen molar-refractivity contribution in [2.24, 2.45) is 0 Å². The van der Waals surface area contributed by atoms with E-state index in [4.69, 9.17) is 4.74 Å². The summed E-state index contributed by atoms with van der Waals surface area (Å²) in [5, 5.41) is 0. The molecule has 17 heavy (non-hydrogen) atoms. The lowest BCUT2D eigenvalue weighted by Crippen LogP contribution is -2.05. The van der Waals surface area contributed by atoms with Gasteiger partial charge in [-0.1, -0.05) is 50.1 Å². The molecule has 1 aromatic rings. The van der Waals surface area contributed by atoms with E-state index in [2.05, 4.69) is 6.92 Å². The maximum Gasteiger partial charge on any atom is 0.334 e. The van der Waals surface area contributed by atoms with E-state index in [0.717, 1.165) is 36.8 Å². The van der Waals surface area contributed by atoms with E-state index >= 15 is 0 Å². The van der Waals surface area contributed by atoms with Gasteiger partial charge in [0.25, 0.3) is 0 Å². The van der Waals surface area contributed by atoms with Gasteiger partial charge in [-0.25, -0.2) is 4.79 Å². The van der Waals surface area contributed by atoms with Crippen LogP contribution in [0.25, 0.3) is 6.08 Å². The zero-order valence-electron chi connectivity index (χ0n) is 10.2. The minimum atomic E-state index is -0.144. The van der Waals surface area contributed by atoms with Gasteiger partial charge < -0.3 is 4.74 Å². The van der Waals surface area contributed by atoms with Crippen molar-refractivity contribution in [3.05, 3.63) is 41.5 Å². The maximum atomic E-state index is 11.7. The van der Waals surface area contributed by atoms with Crippen LogP contribution in [0.1, 0.15) is 38.2 Å². The number of unbranched alkanes of at least 4 members (excludes halogenated alkanes) is 1. The summed E-state index contributed by atoms with van der Waals surface area (Å²) in [7, 11) is 0. The summed E-state index contributed by atoms with van der Waals surface area (Å²) in [4.78, 5) is 11.7. The second kappa shape index (κ2) is 5.67. The molecular weight excluding hydrogens is 212 g/mol. The van der Waals surface area contributed by atoms with Gasteiger partial charge in [-0.2, -0.15) is 0 Å². The molecule has 1 unspecified atom stereocenters. The maximum absolute atomic E-state index is 11.7. The Morgan fingerprint density at radius 3 is 2.82 bits per heavy atom. The van der Waals surface area contributed by atoms with E-state index in [1.54, 1.807) is 0 Å². The van der Waals surface area contributed by atoms with E-state index in [-0.39, 0.29) is 12.1 Å². The molecule has 0 aromatic heterocycles. The fourth-order valence-electron chi connectivity index (χ4n) is 2.06. The lowest BCUT2D eigenvalue weighted by Gasteiger charge is -2.05. The van der Waals surface area contributed by atoms with Crippen LogP contribution in [0.5, 0.6) is 0 Å². The molecule has 0 aliphatic carbocycles. The first-order valence-corrected chi connectivity index (χ1v) is 6.26. The molecule has 0 N–H and O–H groups in total. The number of hydrogen-bond donors (Lipinski definition) is 0. The highest BCUT2D eigenvalue weighted by atomic mass is 16.5. The summed E-state index contributed by atoms with van der Waals surface area (Å²) in [6.45, 7) is 2.15. The molecule has 1 fully saturated rings. The molecule has 0 saturated carbocycles. The highest BCUT2D eigenvalue weighted by Gasteiger charge is 2.27. The first-order chi connectivity index (χ1) is 8.29. The largest absolute Gasteiger partial charge is 0.459 e. The summed E-state index contributed by atoms with van der Waals surface area (Å²) in [6, 6.07) is 9.92. The monoisotopic (exact) mass is 230 g/mol. The van der Waals surface area contributed by atoms with Gasteiger partial charge in [0.2, 0.25) is 0 Å². The third-order valence-corrected chi connectivity index (χ3v) is 3.00. The van der Waals surface area contributed by atoms with Crippen molar-refractivity contribution in [1.82, 2.24) is 0 Å². The number of benzene rings is 1. The number of hydrogen-bond acceptors (Lipinski definition) is 2. The standard InChI is InChI=1S/C15H18O2/c1-2-3-9-14-11-13(15(16)17-14)10-12-7-5-4-6-8-12/h4-8,10,14H,2-3,9,11H2,1H3. The third-order valence-electron chi connectivity index (χ3n) is 3.00. The smallest absolute Gasteiger partial charge is 0.334 e. The van der Waals surface area contributed by atoms with E-state index in [9.17, 15) is 4.79 Å². The number of rotatable bonds is 4. The van der Waals surface area contributed by atoms with E-state index in [1.807, 2.05) is 36.4 Å². The highest BCUT2D eigenvalue weighted by Crippen LogP contribution is 2.25. The normalized spacial score (nSPS) is 21.8. The molecule has 0 amide bonds. The van der Waals surface area contributed by atoms with Crippen LogP contribution in [0, 0.1) is 0 Å². The van der Waals surface area contributed by atoms with Gasteiger partial charge in [0.1, 0.15) is 6.10 Å². The van der Waals surface area contributed by atoms with Gasteiger partial charge in [-0.15, -0.1) is 0 Å². The van der Waals surface area contributed by atoms with Crippen molar-refractivity contribution in [2.75, 3.05) is 0 Å². The Morgan fingerprint density at radius 2 is 2.12 bits per heavy atom. The van der Waals surface area contributed by atoms with Gasteiger partial charge in [-0.3, -0.25) is 0 Å². The lowest BCUT2D eigenvalue weighted by atomic mass is 10.0. The van der Waals surface area contributed by atoms with Crippen LogP contribution >= 0.6 is 0 Å². The SMILES string of the molecule is CCCCC1CC(=Cc2ccccc2)C(=O)O1. The Hall–Kier alpha value is -1.57. The average Bonchev–Trinajstić information content (AvgIpc) is 2.69. The Labute approximate surface area is 102 Å². The molecular formula is C15H18O2. The molecule has 2 rings (SSSR count). The van der Waals surface area contributed by atoms with E-state index in [1.165, 1.54) is 0 Å². The van der Waals surface area contributed by atoms with Crippen LogP contribution in [0.15, 0.2) is 35.9 Å². The first-order valence-electron chi connectivity index (χ1n) is 6.26. The number of carbonyl (C=O) groups excluding carboxylic acids is 1. The van der Waals surface area contributed by atoms with Crippen molar-refractivity contribution in [2.45, 2.75) is 38.7 Å². The summed E-state index contributed by atoms with van der Waals surface area (Å²) >= 11 is 0. The lowest BCUT2D eigenvalue weighted by molar-refractivity contribution is -0.138. The van der Waals surface area contributed by atoms with Crippen molar-refractivity contribution in [1.29, 1.82) is 0 Å². The predicted octanol–water partition coefficient (Wildman–Crippen LogP) is 3.58. The van der Waals surface area contributed by atoms with E-state index in [0.29, 0.717) is 0 Å². The molecule has 0 radical (unpaired) electrons. The fraction of sp³-hybridized carbons (Fsp3) is 0.400. The molecule has 2 nitrogen and oxygen atoms in total. The van der Waals surface area contributed by atoms with Crippen LogP contribution in [0.4, 0.5) is 0 Å². The Balaban J connectivity index is 2.03. The van der Waals surface area contributed by atoms with Crippen molar-refractivity contribution >= 4 is 12.0 Å². The second-order valence-electron chi connectivity index (χ2n) is 4.45. The van der Waals surface area contributed by atoms with E-state index < -0.39 is 0 Å². The molecule has 1 aliphatic rings. The summed E-state index contributed by atoms with van der Waals surface area (Å²) in [5.74, 6) is -0.144. The summed E-state index contributed by atoms with van der Waals surface area (Å²) < 4.78 is 5.34. The zero-order chi connectivity index (χ0) is 12.1. The molecule has 1 saturated heterocycles. The number of ether oxygens (including phenoxy) is 1. The second-order valence-corrected chi connectivity index (χ2v) is 4.45. The minimum Gasteiger partial charge on any atom is -0.459 e. The Morgan fingerprint density at radius 1 is 1.35 bits per heavy atom. The third kappa shape index (κ3) is 3.19. The number of cyclic esters (lactones) is 1. The molecule has 0 bridgehead atoms. The van der Waals surface area contributed by atoms with Crippen LogP contribution < -0.4 is 0 Å². The van der Waals surface area contributed by atoms with Gasteiger partial charge in [0, 0.05) is 12.0 Å². The van der Waals surface area contributed by atoms with Crippen molar-refractivity contribution in [3.63, 3.8) is 0 Å². The molecule has 1 heterocycles. The highest BCUT2D eigenvalue weighted by molar-refractivity contribution is 5.95. The topological polar surface area (TPSA) is 26.3 Å². The van der Waals surface area contributed by atoms with Gasteiger partial charge >= 0.3 is 5.97 Å². The van der Waals surface area contributed by atoms with Crippen LogP contribution in [-0.2, 0) is 9.53 Å². The Kier molecular flexibility index (Phi) is 3.97. The van der Waals surface area contributed by atoms with Gasteiger partial charge in [0.15, 0.2) is 0 Å². The molecule has 0 spiro atoms. The molecule has 1 aromatic carbocycles. The van der Waals surface area contributed by atoms with Crippen LogP contribution in [0.2, 0.25) is 0 Å². The average molecular weight is 230 g/mol. The Bertz CT molecular complexity index is 406. The van der Waals surface area contributed by atoms with Crippen LogP contribution in [0.3, 0.4) is 0 Å². The summed E-state index contributed by atoms with van der Waals surface area (Å²) in [5.41, 5.74) is 1.87. The molecule has 90 valence electrons. The van der Waals surface area contributed by atoms with Crippen LogP contribution in [-0.4, -0.2) is 12.1 Å². The molecule has 2 heteroatoms. The van der Waals surface area contributed by atoms with Gasteiger partial charge in [0.05, 0.1) is 0 Å². The fourth-order valence-corrected chi connectivity index (χ4v) is 2.06. The zero-order valence-corrected chi connectivity index (χ0v) is 10.2.